The average Bonchev–Trinajstić information content (AvgIpc) is 2.73. The van der Waals surface area contributed by atoms with Crippen LogP contribution in [0.4, 0.5) is 11.4 Å². The van der Waals surface area contributed by atoms with Gasteiger partial charge in [0, 0.05) is 5.69 Å². The van der Waals surface area contributed by atoms with Gasteiger partial charge in [-0.3, -0.25) is 9.10 Å². The lowest BCUT2D eigenvalue weighted by atomic mass is 10.2. The topological polar surface area (TPSA) is 102 Å². The number of primary amides is 1. The van der Waals surface area contributed by atoms with Crippen LogP contribution >= 0.6 is 0 Å². The molecule has 1 atom stereocenters. The van der Waals surface area contributed by atoms with Crippen molar-refractivity contribution in [3.8, 4) is 11.5 Å². The summed E-state index contributed by atoms with van der Waals surface area (Å²) in [6.07, 6.45) is 1.09. The van der Waals surface area contributed by atoms with Gasteiger partial charge in [0.15, 0.2) is 0 Å². The van der Waals surface area contributed by atoms with Crippen LogP contribution in [0.2, 0.25) is 0 Å². The molecule has 0 spiro atoms. The number of nitrogens with zero attached hydrogens (tertiary/aromatic N) is 1. The molecule has 3 aromatic rings. The second-order valence-corrected chi connectivity index (χ2v) is 9.08. The zero-order valence-electron chi connectivity index (χ0n) is 17.4. The van der Waals surface area contributed by atoms with Crippen molar-refractivity contribution in [2.45, 2.75) is 13.0 Å². The van der Waals surface area contributed by atoms with E-state index in [1.807, 2.05) is 49.4 Å². The van der Waals surface area contributed by atoms with Crippen molar-refractivity contribution in [2.24, 2.45) is 5.73 Å². The monoisotopic (exact) mass is 439 g/mol. The van der Waals surface area contributed by atoms with Gasteiger partial charge in [0.25, 0.3) is 0 Å². The number of benzene rings is 3. The maximum absolute atomic E-state index is 12.5. The van der Waals surface area contributed by atoms with Crippen LogP contribution < -0.4 is 20.1 Å². The first-order chi connectivity index (χ1) is 14.7. The summed E-state index contributed by atoms with van der Waals surface area (Å²) in [4.78, 5) is 12.0. The summed E-state index contributed by atoms with van der Waals surface area (Å²) in [5, 5.41) is 2.99. The van der Waals surface area contributed by atoms with Crippen LogP contribution in [0.25, 0.3) is 0 Å². The largest absolute Gasteiger partial charge is 0.457 e. The van der Waals surface area contributed by atoms with Crippen LogP contribution in [-0.2, 0) is 14.8 Å². The minimum absolute atomic E-state index is 0.152. The number of carbonyl (C=O) groups excluding carboxylic acids is 1. The van der Waals surface area contributed by atoms with Gasteiger partial charge < -0.3 is 15.8 Å². The number of anilines is 2. The first-order valence-corrected chi connectivity index (χ1v) is 11.5. The summed E-state index contributed by atoms with van der Waals surface area (Å²) in [6.45, 7) is 1.84. The number of amides is 1. The molecule has 162 valence electrons. The number of para-hydroxylation sites is 1. The highest BCUT2D eigenvalue weighted by Crippen LogP contribution is 2.26. The Labute approximate surface area is 182 Å². The second kappa shape index (κ2) is 9.53. The third kappa shape index (κ3) is 6.23. The molecule has 1 amide bonds. The summed E-state index contributed by atoms with van der Waals surface area (Å²) in [5.41, 5.74) is 7.73. The average molecular weight is 440 g/mol. The smallest absolute Gasteiger partial charge is 0.241 e. The van der Waals surface area contributed by atoms with Gasteiger partial charge in [0.1, 0.15) is 17.5 Å². The Bertz CT molecular complexity index is 1120. The van der Waals surface area contributed by atoms with Crippen LogP contribution in [0, 0.1) is 6.92 Å². The molecular weight excluding hydrogens is 414 g/mol. The van der Waals surface area contributed by atoms with Crippen LogP contribution in [-0.4, -0.2) is 33.2 Å². The van der Waals surface area contributed by atoms with Gasteiger partial charge in [-0.2, -0.15) is 0 Å². The first kappa shape index (κ1) is 22.2. The fourth-order valence-electron chi connectivity index (χ4n) is 2.96. The molecule has 3 aromatic carbocycles. The number of hydrogen-bond acceptors (Lipinski definition) is 5. The van der Waals surface area contributed by atoms with Crippen molar-refractivity contribution in [3.63, 3.8) is 0 Å². The predicted molar refractivity (Wildman–Crippen MR) is 123 cm³/mol. The summed E-state index contributed by atoms with van der Waals surface area (Å²) < 4.78 is 31.9. The molecule has 0 saturated heterocycles. The van der Waals surface area contributed by atoms with Crippen molar-refractivity contribution in [3.05, 3.63) is 84.4 Å². The Hall–Kier alpha value is -3.52. The van der Waals surface area contributed by atoms with E-state index in [1.165, 1.54) is 0 Å². The maximum atomic E-state index is 12.5. The minimum Gasteiger partial charge on any atom is -0.457 e. The van der Waals surface area contributed by atoms with Gasteiger partial charge >= 0.3 is 0 Å². The van der Waals surface area contributed by atoms with Crippen molar-refractivity contribution < 1.29 is 17.9 Å². The first-order valence-electron chi connectivity index (χ1n) is 9.65. The van der Waals surface area contributed by atoms with Crippen molar-refractivity contribution in [2.75, 3.05) is 22.4 Å². The highest BCUT2D eigenvalue weighted by atomic mass is 32.2. The zero-order valence-corrected chi connectivity index (χ0v) is 18.2. The number of sulfonamides is 1. The predicted octanol–water partition coefficient (Wildman–Crippen LogP) is 3.52. The molecule has 8 heteroatoms. The summed E-state index contributed by atoms with van der Waals surface area (Å²) >= 11 is 0. The Kier molecular flexibility index (Phi) is 6.81. The zero-order chi connectivity index (χ0) is 22.4. The van der Waals surface area contributed by atoms with E-state index in [0.29, 0.717) is 22.9 Å². The molecule has 0 fully saturated rings. The molecule has 3 N–H and O–H groups in total. The third-order valence-electron chi connectivity index (χ3n) is 4.59. The lowest BCUT2D eigenvalue weighted by Gasteiger charge is -2.27. The number of rotatable bonds is 9. The fraction of sp³-hybridized carbons (Fsp3) is 0.174. The molecule has 0 radical (unpaired) electrons. The van der Waals surface area contributed by atoms with Gasteiger partial charge in [-0.15, -0.1) is 0 Å². The number of hydrogen-bond donors (Lipinski definition) is 2. The van der Waals surface area contributed by atoms with E-state index in [4.69, 9.17) is 10.5 Å². The fourth-order valence-corrected chi connectivity index (χ4v) is 3.89. The molecule has 0 heterocycles. The molecule has 0 aliphatic carbocycles. The number of ether oxygens (including phenoxy) is 1. The number of carbonyl (C=O) groups is 1. The normalized spacial score (nSPS) is 12.1. The highest BCUT2D eigenvalue weighted by molar-refractivity contribution is 7.92. The van der Waals surface area contributed by atoms with Crippen LogP contribution in [0.15, 0.2) is 78.9 Å². The van der Waals surface area contributed by atoms with E-state index in [9.17, 15) is 13.2 Å². The Balaban J connectivity index is 1.79. The molecule has 0 saturated carbocycles. The lowest BCUT2D eigenvalue weighted by Crippen LogP contribution is -2.47. The summed E-state index contributed by atoms with van der Waals surface area (Å²) in [6, 6.07) is 22.3. The highest BCUT2D eigenvalue weighted by Gasteiger charge is 2.25. The van der Waals surface area contributed by atoms with Crippen molar-refractivity contribution >= 4 is 27.3 Å². The SMILES string of the molecule is Cc1ccc(Oc2ccc(N(C[C@H](Nc3ccccc3)C(N)=O)S(C)(=O)=O)cc2)cc1. The lowest BCUT2D eigenvalue weighted by molar-refractivity contribution is -0.118. The molecule has 7 nitrogen and oxygen atoms in total. The van der Waals surface area contributed by atoms with Crippen LogP contribution in [0.3, 0.4) is 0 Å². The molecule has 31 heavy (non-hydrogen) atoms. The minimum atomic E-state index is -3.67. The number of nitrogens with two attached hydrogens (primary N) is 1. The van der Waals surface area contributed by atoms with Crippen molar-refractivity contribution in [1.82, 2.24) is 0 Å². The summed E-state index contributed by atoms with van der Waals surface area (Å²) in [7, 11) is -3.67. The van der Waals surface area contributed by atoms with E-state index in [2.05, 4.69) is 5.32 Å². The van der Waals surface area contributed by atoms with Gasteiger partial charge in [-0.05, 0) is 55.5 Å². The summed E-state index contributed by atoms with van der Waals surface area (Å²) in [5.74, 6) is 0.589. The van der Waals surface area contributed by atoms with Gasteiger partial charge in [0.2, 0.25) is 15.9 Å². The molecular formula is C23H25N3O4S. The van der Waals surface area contributed by atoms with Crippen molar-refractivity contribution in [1.29, 1.82) is 0 Å². The maximum Gasteiger partial charge on any atom is 0.241 e. The Morgan fingerprint density at radius 3 is 2.03 bits per heavy atom. The van der Waals surface area contributed by atoms with E-state index in [1.54, 1.807) is 36.4 Å². The Morgan fingerprint density at radius 2 is 1.52 bits per heavy atom. The molecule has 0 aliphatic rings. The number of aryl methyl sites for hydroxylation is 1. The quantitative estimate of drug-likeness (QED) is 0.531. The van der Waals surface area contributed by atoms with Crippen LogP contribution in [0.5, 0.6) is 11.5 Å². The molecule has 0 aliphatic heterocycles. The van der Waals surface area contributed by atoms with Gasteiger partial charge in [-0.1, -0.05) is 35.9 Å². The van der Waals surface area contributed by atoms with E-state index in [0.717, 1.165) is 16.1 Å². The van der Waals surface area contributed by atoms with Gasteiger partial charge in [0.05, 0.1) is 18.5 Å². The van der Waals surface area contributed by atoms with Crippen LogP contribution in [0.1, 0.15) is 5.56 Å². The molecule has 3 rings (SSSR count). The molecule has 0 aromatic heterocycles. The molecule has 0 unspecified atom stereocenters. The standard InChI is InChI=1S/C23H25N3O4S/c1-17-8-12-20(13-9-17)30-21-14-10-19(11-15-21)26(31(2,28)29)16-22(23(24)27)25-18-6-4-3-5-7-18/h3-15,22,25H,16H2,1-2H3,(H2,24,27)/t22-/m0/s1. The van der Waals surface area contributed by atoms with E-state index < -0.39 is 22.0 Å². The Morgan fingerprint density at radius 1 is 0.968 bits per heavy atom. The molecule has 0 bridgehead atoms. The van der Waals surface area contributed by atoms with Gasteiger partial charge in [-0.25, -0.2) is 8.42 Å². The van der Waals surface area contributed by atoms with E-state index in [-0.39, 0.29) is 6.54 Å². The third-order valence-corrected chi connectivity index (χ3v) is 5.75. The second-order valence-electron chi connectivity index (χ2n) is 7.17. The number of nitrogens with one attached hydrogen (secondary N) is 1. The van der Waals surface area contributed by atoms with E-state index >= 15 is 0 Å².